The Morgan fingerprint density at radius 2 is 1.89 bits per heavy atom. The summed E-state index contributed by atoms with van der Waals surface area (Å²) in [6.07, 6.45) is 2.01. The fourth-order valence-electron chi connectivity index (χ4n) is 1.88. The van der Waals surface area contributed by atoms with Crippen molar-refractivity contribution >= 4 is 0 Å². The summed E-state index contributed by atoms with van der Waals surface area (Å²) in [5, 5.41) is 10.1. The molecule has 1 unspecified atom stereocenters. The molecule has 94 valence electrons. The van der Waals surface area contributed by atoms with E-state index in [2.05, 4.69) is 6.92 Å². The average molecular weight is 243 g/mol. The molecule has 0 radical (unpaired) electrons. The number of pyridine rings is 1. The van der Waals surface area contributed by atoms with Gasteiger partial charge in [-0.3, -0.25) is 4.79 Å². The number of aliphatic hydroxyl groups is 1. The van der Waals surface area contributed by atoms with Gasteiger partial charge in [0.25, 0.3) is 5.56 Å². The molecule has 2 aromatic rings. The van der Waals surface area contributed by atoms with Crippen LogP contribution < -0.4 is 5.56 Å². The second-order valence-corrected chi connectivity index (χ2v) is 4.30. The predicted octanol–water partition coefficient (Wildman–Crippen LogP) is 2.14. The van der Waals surface area contributed by atoms with E-state index in [9.17, 15) is 9.90 Å². The Bertz CT molecular complexity index is 557. The number of hydrogen-bond donors (Lipinski definition) is 1. The van der Waals surface area contributed by atoms with E-state index in [1.54, 1.807) is 18.3 Å². The highest BCUT2D eigenvalue weighted by atomic mass is 16.3. The fourth-order valence-corrected chi connectivity index (χ4v) is 1.88. The van der Waals surface area contributed by atoms with Gasteiger partial charge in [0.05, 0.1) is 12.6 Å². The van der Waals surface area contributed by atoms with Gasteiger partial charge in [0.15, 0.2) is 0 Å². The molecule has 1 atom stereocenters. The molecule has 1 aromatic heterocycles. The minimum Gasteiger partial charge on any atom is -0.387 e. The molecule has 2 rings (SSSR count). The average Bonchev–Trinajstić information content (AvgIpc) is 2.41. The Morgan fingerprint density at radius 1 is 1.17 bits per heavy atom. The third kappa shape index (κ3) is 2.87. The van der Waals surface area contributed by atoms with Gasteiger partial charge in [-0.25, -0.2) is 0 Å². The maximum absolute atomic E-state index is 11.5. The van der Waals surface area contributed by atoms with Crippen LogP contribution in [0.15, 0.2) is 53.5 Å². The topological polar surface area (TPSA) is 42.2 Å². The summed E-state index contributed by atoms with van der Waals surface area (Å²) in [6.45, 7) is 2.38. The maximum atomic E-state index is 11.5. The molecule has 0 aliphatic carbocycles. The molecule has 3 heteroatoms. The number of aryl methyl sites for hydroxylation is 1. The van der Waals surface area contributed by atoms with Crippen molar-refractivity contribution in [2.45, 2.75) is 26.0 Å². The monoisotopic (exact) mass is 243 g/mol. The van der Waals surface area contributed by atoms with Crippen molar-refractivity contribution < 1.29 is 5.11 Å². The van der Waals surface area contributed by atoms with Crippen molar-refractivity contribution in [3.05, 3.63) is 70.1 Å². The molecule has 1 aromatic carbocycles. The molecule has 0 spiro atoms. The molecule has 18 heavy (non-hydrogen) atoms. The third-order valence-corrected chi connectivity index (χ3v) is 3.04. The van der Waals surface area contributed by atoms with Gasteiger partial charge in [0, 0.05) is 12.3 Å². The molecule has 0 saturated carbocycles. The Morgan fingerprint density at radius 3 is 2.50 bits per heavy atom. The minimum atomic E-state index is -0.656. The lowest BCUT2D eigenvalue weighted by atomic mass is 10.1. The van der Waals surface area contributed by atoms with Gasteiger partial charge in [0.2, 0.25) is 0 Å². The van der Waals surface area contributed by atoms with Crippen LogP contribution in [0.1, 0.15) is 24.2 Å². The SMILES string of the molecule is CCc1ccc(C(O)Cn2ccccc2=O)cc1. The van der Waals surface area contributed by atoms with E-state index in [-0.39, 0.29) is 12.1 Å². The summed E-state index contributed by atoms with van der Waals surface area (Å²) in [5.74, 6) is 0. The van der Waals surface area contributed by atoms with E-state index in [1.807, 2.05) is 24.3 Å². The normalized spacial score (nSPS) is 12.3. The van der Waals surface area contributed by atoms with Gasteiger partial charge in [-0.15, -0.1) is 0 Å². The standard InChI is InChI=1S/C15H17NO2/c1-2-12-6-8-13(9-7-12)14(17)11-16-10-4-3-5-15(16)18/h3-10,14,17H,2,11H2,1H3. The van der Waals surface area contributed by atoms with Crippen LogP contribution in [0, 0.1) is 0 Å². The van der Waals surface area contributed by atoms with Gasteiger partial charge in [-0.05, 0) is 23.6 Å². The minimum absolute atomic E-state index is 0.0956. The van der Waals surface area contributed by atoms with Crippen LogP contribution in [0.3, 0.4) is 0 Å². The molecule has 0 amide bonds. The quantitative estimate of drug-likeness (QED) is 0.894. The van der Waals surface area contributed by atoms with Crippen LogP contribution >= 0.6 is 0 Å². The Kier molecular flexibility index (Phi) is 3.95. The highest BCUT2D eigenvalue weighted by molar-refractivity contribution is 5.24. The van der Waals surface area contributed by atoms with E-state index < -0.39 is 6.10 Å². The Labute approximate surface area is 106 Å². The van der Waals surface area contributed by atoms with Crippen molar-refractivity contribution in [1.29, 1.82) is 0 Å². The summed E-state index contributed by atoms with van der Waals surface area (Å²) >= 11 is 0. The summed E-state index contributed by atoms with van der Waals surface area (Å²) in [5.41, 5.74) is 1.98. The van der Waals surface area contributed by atoms with E-state index in [0.717, 1.165) is 12.0 Å². The van der Waals surface area contributed by atoms with Gasteiger partial charge in [-0.2, -0.15) is 0 Å². The molecule has 0 aliphatic rings. The molecule has 1 heterocycles. The van der Waals surface area contributed by atoms with Crippen molar-refractivity contribution in [2.24, 2.45) is 0 Å². The summed E-state index contributed by atoms with van der Waals surface area (Å²) < 4.78 is 1.51. The second-order valence-electron chi connectivity index (χ2n) is 4.30. The van der Waals surface area contributed by atoms with Crippen molar-refractivity contribution in [3.63, 3.8) is 0 Å². The molecule has 0 saturated heterocycles. The van der Waals surface area contributed by atoms with Gasteiger partial charge in [-0.1, -0.05) is 37.3 Å². The van der Waals surface area contributed by atoms with Crippen LogP contribution in [-0.2, 0) is 13.0 Å². The zero-order valence-electron chi connectivity index (χ0n) is 10.4. The third-order valence-electron chi connectivity index (χ3n) is 3.04. The summed E-state index contributed by atoms with van der Waals surface area (Å²) in [4.78, 5) is 11.5. The Balaban J connectivity index is 2.14. The number of aromatic nitrogens is 1. The number of aliphatic hydroxyl groups excluding tert-OH is 1. The van der Waals surface area contributed by atoms with Crippen LogP contribution in [0.4, 0.5) is 0 Å². The first-order valence-corrected chi connectivity index (χ1v) is 6.13. The second kappa shape index (κ2) is 5.65. The Hall–Kier alpha value is -1.87. The number of hydrogen-bond acceptors (Lipinski definition) is 2. The zero-order valence-corrected chi connectivity index (χ0v) is 10.4. The fraction of sp³-hybridized carbons (Fsp3) is 0.267. The van der Waals surface area contributed by atoms with E-state index >= 15 is 0 Å². The molecule has 1 N–H and O–H groups in total. The molecule has 0 bridgehead atoms. The maximum Gasteiger partial charge on any atom is 0.250 e. The molecule has 0 fully saturated rings. The zero-order chi connectivity index (χ0) is 13.0. The first-order valence-electron chi connectivity index (χ1n) is 6.13. The molecule has 0 aliphatic heterocycles. The van der Waals surface area contributed by atoms with Crippen LogP contribution in [0.5, 0.6) is 0 Å². The lowest BCUT2D eigenvalue weighted by molar-refractivity contribution is 0.155. The molecular formula is C15H17NO2. The molecular weight excluding hydrogens is 226 g/mol. The van der Waals surface area contributed by atoms with Gasteiger partial charge >= 0.3 is 0 Å². The van der Waals surface area contributed by atoms with E-state index in [1.165, 1.54) is 16.2 Å². The number of rotatable bonds is 4. The van der Waals surface area contributed by atoms with Crippen LogP contribution in [-0.4, -0.2) is 9.67 Å². The van der Waals surface area contributed by atoms with Crippen LogP contribution in [0.25, 0.3) is 0 Å². The van der Waals surface area contributed by atoms with Crippen molar-refractivity contribution in [3.8, 4) is 0 Å². The van der Waals surface area contributed by atoms with Gasteiger partial charge < -0.3 is 9.67 Å². The first kappa shape index (κ1) is 12.6. The first-order chi connectivity index (χ1) is 8.70. The van der Waals surface area contributed by atoms with Crippen molar-refractivity contribution in [2.75, 3.05) is 0 Å². The highest BCUT2D eigenvalue weighted by Gasteiger charge is 2.08. The van der Waals surface area contributed by atoms with Crippen molar-refractivity contribution in [1.82, 2.24) is 4.57 Å². The molecule has 3 nitrogen and oxygen atoms in total. The number of benzene rings is 1. The van der Waals surface area contributed by atoms with Crippen LogP contribution in [0.2, 0.25) is 0 Å². The highest BCUT2D eigenvalue weighted by Crippen LogP contribution is 2.15. The van der Waals surface area contributed by atoms with Gasteiger partial charge in [0.1, 0.15) is 0 Å². The van der Waals surface area contributed by atoms with E-state index in [0.29, 0.717) is 0 Å². The predicted molar refractivity (Wildman–Crippen MR) is 71.5 cm³/mol. The summed E-state index contributed by atoms with van der Waals surface area (Å²) in [6, 6.07) is 12.8. The number of nitrogens with zero attached hydrogens (tertiary/aromatic N) is 1. The largest absolute Gasteiger partial charge is 0.387 e. The lowest BCUT2D eigenvalue weighted by Crippen LogP contribution is -2.21. The van der Waals surface area contributed by atoms with E-state index in [4.69, 9.17) is 0 Å². The lowest BCUT2D eigenvalue weighted by Gasteiger charge is -2.13. The smallest absolute Gasteiger partial charge is 0.250 e. The summed E-state index contributed by atoms with van der Waals surface area (Å²) in [7, 11) is 0.